The third kappa shape index (κ3) is 8.41. The molecule has 0 aromatic carbocycles. The van der Waals surface area contributed by atoms with Crippen LogP contribution in [0.5, 0.6) is 0 Å². The average molecular weight is 190 g/mol. The summed E-state index contributed by atoms with van der Waals surface area (Å²) >= 11 is 2.01. The average Bonchev–Trinajstić information content (AvgIpc) is 2.10. The first-order valence-corrected chi connectivity index (χ1v) is 6.22. The molecule has 2 heteroatoms. The Balaban J connectivity index is 2.90. The lowest BCUT2D eigenvalue weighted by Crippen LogP contribution is -2.03. The van der Waals surface area contributed by atoms with Crippen LogP contribution in [0.4, 0.5) is 0 Å². The van der Waals surface area contributed by atoms with Gasteiger partial charge in [-0.2, -0.15) is 11.8 Å². The molecule has 0 aromatic heterocycles. The fourth-order valence-corrected chi connectivity index (χ4v) is 1.81. The third-order valence-corrected chi connectivity index (χ3v) is 2.99. The van der Waals surface area contributed by atoms with Crippen molar-refractivity contribution in [2.75, 3.05) is 11.5 Å². The largest absolute Gasteiger partial charge is 0.393 e. The molecule has 1 atom stereocenters. The lowest BCUT2D eigenvalue weighted by atomic mass is 10.1. The van der Waals surface area contributed by atoms with Crippen LogP contribution in [-0.4, -0.2) is 22.7 Å². The van der Waals surface area contributed by atoms with E-state index < -0.39 is 0 Å². The molecule has 0 rings (SSSR count). The molecule has 0 saturated carbocycles. The molecule has 0 saturated heterocycles. The molecule has 1 N–H and O–H groups in total. The van der Waals surface area contributed by atoms with Crippen molar-refractivity contribution in [3.8, 4) is 0 Å². The van der Waals surface area contributed by atoms with Crippen LogP contribution >= 0.6 is 11.8 Å². The van der Waals surface area contributed by atoms with Gasteiger partial charge in [0.05, 0.1) is 6.10 Å². The van der Waals surface area contributed by atoms with Crippen LogP contribution in [0.2, 0.25) is 0 Å². The SMILES string of the molecule is CCSCCCCCC(O)CC. The van der Waals surface area contributed by atoms with Gasteiger partial charge in [0.25, 0.3) is 0 Å². The van der Waals surface area contributed by atoms with Crippen molar-refractivity contribution in [1.29, 1.82) is 0 Å². The summed E-state index contributed by atoms with van der Waals surface area (Å²) in [6, 6.07) is 0. The predicted octanol–water partition coefficient (Wildman–Crippen LogP) is 3.07. The van der Waals surface area contributed by atoms with Crippen molar-refractivity contribution < 1.29 is 5.11 Å². The maximum absolute atomic E-state index is 9.26. The Hall–Kier alpha value is 0.310. The molecule has 0 amide bonds. The number of hydrogen-bond donors (Lipinski definition) is 1. The van der Waals surface area contributed by atoms with Gasteiger partial charge in [0.15, 0.2) is 0 Å². The second kappa shape index (κ2) is 9.40. The minimum Gasteiger partial charge on any atom is -0.393 e. The van der Waals surface area contributed by atoms with E-state index in [0.29, 0.717) is 0 Å². The molecule has 74 valence electrons. The van der Waals surface area contributed by atoms with Crippen LogP contribution in [-0.2, 0) is 0 Å². The lowest BCUT2D eigenvalue weighted by molar-refractivity contribution is 0.157. The van der Waals surface area contributed by atoms with Crippen molar-refractivity contribution in [3.63, 3.8) is 0 Å². The molecule has 1 nitrogen and oxygen atoms in total. The Labute approximate surface area is 80.9 Å². The number of rotatable bonds is 8. The van der Waals surface area contributed by atoms with Crippen molar-refractivity contribution in [1.82, 2.24) is 0 Å². The zero-order chi connectivity index (χ0) is 9.23. The Morgan fingerprint density at radius 2 is 1.92 bits per heavy atom. The maximum atomic E-state index is 9.26. The number of aliphatic hydroxyl groups is 1. The first-order valence-electron chi connectivity index (χ1n) is 5.07. The highest BCUT2D eigenvalue weighted by Gasteiger charge is 1.98. The van der Waals surface area contributed by atoms with Crippen LogP contribution in [0.1, 0.15) is 46.0 Å². The van der Waals surface area contributed by atoms with Gasteiger partial charge >= 0.3 is 0 Å². The molecule has 0 fully saturated rings. The molecule has 0 heterocycles. The quantitative estimate of drug-likeness (QED) is 0.594. The van der Waals surface area contributed by atoms with Crippen molar-refractivity contribution in [2.45, 2.75) is 52.1 Å². The van der Waals surface area contributed by atoms with Crippen LogP contribution in [0.15, 0.2) is 0 Å². The summed E-state index contributed by atoms with van der Waals surface area (Å²) in [5.41, 5.74) is 0. The van der Waals surface area contributed by atoms with E-state index in [1.807, 2.05) is 18.7 Å². The van der Waals surface area contributed by atoms with E-state index in [1.54, 1.807) is 0 Å². The van der Waals surface area contributed by atoms with Gasteiger partial charge in [0.2, 0.25) is 0 Å². The molecule has 0 radical (unpaired) electrons. The van der Waals surface area contributed by atoms with E-state index in [9.17, 15) is 5.11 Å². The predicted molar refractivity (Wildman–Crippen MR) is 57.8 cm³/mol. The van der Waals surface area contributed by atoms with Crippen molar-refractivity contribution in [2.24, 2.45) is 0 Å². The van der Waals surface area contributed by atoms with Crippen molar-refractivity contribution >= 4 is 11.8 Å². The topological polar surface area (TPSA) is 20.2 Å². The minimum atomic E-state index is -0.0520. The third-order valence-electron chi connectivity index (χ3n) is 2.00. The van der Waals surface area contributed by atoms with E-state index in [4.69, 9.17) is 0 Å². The summed E-state index contributed by atoms with van der Waals surface area (Å²) in [4.78, 5) is 0. The van der Waals surface area contributed by atoms with E-state index in [-0.39, 0.29) is 6.10 Å². The second-order valence-corrected chi connectivity index (χ2v) is 4.50. The molecule has 1 unspecified atom stereocenters. The number of hydrogen-bond acceptors (Lipinski definition) is 2. The molecule has 0 spiro atoms. The monoisotopic (exact) mass is 190 g/mol. The van der Waals surface area contributed by atoms with Gasteiger partial charge in [-0.3, -0.25) is 0 Å². The van der Waals surface area contributed by atoms with Gasteiger partial charge in [0.1, 0.15) is 0 Å². The molecule has 0 aliphatic rings. The normalized spacial score (nSPS) is 13.2. The summed E-state index contributed by atoms with van der Waals surface area (Å²) in [6.07, 6.45) is 5.64. The lowest BCUT2D eigenvalue weighted by Gasteiger charge is -2.06. The van der Waals surface area contributed by atoms with E-state index in [1.165, 1.54) is 30.8 Å². The molecule has 12 heavy (non-hydrogen) atoms. The standard InChI is InChI=1S/C10H22OS/c1-3-10(11)8-6-5-7-9-12-4-2/h10-11H,3-9H2,1-2H3. The first-order chi connectivity index (χ1) is 5.81. The van der Waals surface area contributed by atoms with Crippen LogP contribution in [0, 0.1) is 0 Å². The highest BCUT2D eigenvalue weighted by molar-refractivity contribution is 7.99. The zero-order valence-electron chi connectivity index (χ0n) is 8.38. The Kier molecular flexibility index (Phi) is 9.64. The fraction of sp³-hybridized carbons (Fsp3) is 1.00. The summed E-state index contributed by atoms with van der Waals surface area (Å²) in [7, 11) is 0. The van der Waals surface area contributed by atoms with Crippen LogP contribution in [0.25, 0.3) is 0 Å². The molecule has 0 bridgehead atoms. The molecule has 0 aliphatic heterocycles. The fourth-order valence-electron chi connectivity index (χ4n) is 1.11. The second-order valence-electron chi connectivity index (χ2n) is 3.11. The van der Waals surface area contributed by atoms with Gasteiger partial charge in [-0.05, 0) is 30.8 Å². The minimum absolute atomic E-state index is 0.0520. The smallest absolute Gasteiger partial charge is 0.0537 e. The van der Waals surface area contributed by atoms with Gasteiger partial charge in [0, 0.05) is 0 Å². The van der Waals surface area contributed by atoms with E-state index >= 15 is 0 Å². The summed E-state index contributed by atoms with van der Waals surface area (Å²) in [6.45, 7) is 4.24. The summed E-state index contributed by atoms with van der Waals surface area (Å²) in [5.74, 6) is 2.52. The zero-order valence-corrected chi connectivity index (χ0v) is 9.20. The van der Waals surface area contributed by atoms with E-state index in [0.717, 1.165) is 12.8 Å². The van der Waals surface area contributed by atoms with Crippen LogP contribution < -0.4 is 0 Å². The number of thioether (sulfide) groups is 1. The highest BCUT2D eigenvalue weighted by atomic mass is 32.2. The molecular formula is C10H22OS. The van der Waals surface area contributed by atoms with Crippen molar-refractivity contribution in [3.05, 3.63) is 0 Å². The van der Waals surface area contributed by atoms with Crippen LogP contribution in [0.3, 0.4) is 0 Å². The van der Waals surface area contributed by atoms with Gasteiger partial charge in [-0.1, -0.05) is 26.7 Å². The van der Waals surface area contributed by atoms with Gasteiger partial charge in [-0.25, -0.2) is 0 Å². The number of aliphatic hydroxyl groups excluding tert-OH is 1. The van der Waals surface area contributed by atoms with Gasteiger partial charge < -0.3 is 5.11 Å². The molecular weight excluding hydrogens is 168 g/mol. The van der Waals surface area contributed by atoms with E-state index in [2.05, 4.69) is 6.92 Å². The summed E-state index contributed by atoms with van der Waals surface area (Å²) < 4.78 is 0. The Morgan fingerprint density at radius 3 is 2.50 bits per heavy atom. The Bertz CT molecular complexity index is 85.9. The highest BCUT2D eigenvalue weighted by Crippen LogP contribution is 2.09. The summed E-state index contributed by atoms with van der Waals surface area (Å²) in [5, 5.41) is 9.26. The first kappa shape index (κ1) is 12.3. The number of unbranched alkanes of at least 4 members (excludes halogenated alkanes) is 2. The molecule has 0 aliphatic carbocycles. The van der Waals surface area contributed by atoms with Gasteiger partial charge in [-0.15, -0.1) is 0 Å². The maximum Gasteiger partial charge on any atom is 0.0537 e. The molecule has 0 aromatic rings. The Morgan fingerprint density at radius 1 is 1.17 bits per heavy atom.